The molecule has 0 spiro atoms. The Bertz CT molecular complexity index is 1070. The number of hydrogen-bond acceptors (Lipinski definition) is 6. The van der Waals surface area contributed by atoms with Crippen molar-refractivity contribution in [3.63, 3.8) is 0 Å². The van der Waals surface area contributed by atoms with E-state index in [1.807, 2.05) is 36.4 Å². The fourth-order valence-corrected chi connectivity index (χ4v) is 2.97. The zero-order valence-electron chi connectivity index (χ0n) is 15.1. The van der Waals surface area contributed by atoms with Gasteiger partial charge in [0, 0.05) is 17.1 Å². The molecule has 1 heterocycles. The second-order valence-corrected chi connectivity index (χ2v) is 5.96. The van der Waals surface area contributed by atoms with Crippen LogP contribution in [0, 0.1) is 0 Å². The molecule has 0 radical (unpaired) electrons. The number of hydrogen-bond donors (Lipinski definition) is 1. The maximum atomic E-state index is 5.41. The molecule has 27 heavy (non-hydrogen) atoms. The number of anilines is 1. The number of rotatable bonds is 6. The number of benzene rings is 3. The van der Waals surface area contributed by atoms with E-state index in [4.69, 9.17) is 14.0 Å². The maximum Gasteiger partial charge on any atom is 0.246 e. The highest BCUT2D eigenvalue weighted by Crippen LogP contribution is 2.31. The van der Waals surface area contributed by atoms with E-state index in [1.165, 1.54) is 5.39 Å². The number of ether oxygens (including phenoxy) is 2. The summed E-state index contributed by atoms with van der Waals surface area (Å²) in [5.74, 6) is 2.31. The third kappa shape index (κ3) is 3.42. The summed E-state index contributed by atoms with van der Waals surface area (Å²) < 4.78 is 16.0. The molecule has 0 aliphatic carbocycles. The van der Waals surface area contributed by atoms with Crippen molar-refractivity contribution < 1.29 is 14.0 Å². The minimum atomic E-state index is 0.430. The van der Waals surface area contributed by atoms with E-state index in [2.05, 4.69) is 33.7 Å². The summed E-state index contributed by atoms with van der Waals surface area (Å²) in [6, 6.07) is 19.8. The molecule has 6 heteroatoms. The van der Waals surface area contributed by atoms with Gasteiger partial charge in [-0.25, -0.2) is 0 Å². The predicted molar refractivity (Wildman–Crippen MR) is 104 cm³/mol. The van der Waals surface area contributed by atoms with Gasteiger partial charge in [-0.1, -0.05) is 41.6 Å². The summed E-state index contributed by atoms with van der Waals surface area (Å²) in [6.07, 6.45) is 0. The number of methoxy groups -OCH3 is 2. The molecular formula is C21H19N3O3. The molecule has 0 unspecified atom stereocenters. The number of aromatic nitrogens is 2. The normalized spacial score (nSPS) is 10.7. The smallest absolute Gasteiger partial charge is 0.246 e. The molecule has 1 N–H and O–H groups in total. The molecule has 1 aromatic heterocycles. The van der Waals surface area contributed by atoms with Crippen LogP contribution in [-0.2, 0) is 6.54 Å². The van der Waals surface area contributed by atoms with Crippen LogP contribution in [0.5, 0.6) is 11.5 Å². The average molecular weight is 361 g/mol. The van der Waals surface area contributed by atoms with E-state index in [1.54, 1.807) is 20.3 Å². The van der Waals surface area contributed by atoms with Gasteiger partial charge in [-0.15, -0.1) is 0 Å². The fraction of sp³-hybridized carbons (Fsp3) is 0.143. The fourth-order valence-electron chi connectivity index (χ4n) is 2.97. The predicted octanol–water partition coefficient (Wildman–Crippen LogP) is 4.52. The molecule has 0 saturated heterocycles. The highest BCUT2D eigenvalue weighted by Gasteiger charge is 2.14. The molecule has 4 aromatic rings. The largest absolute Gasteiger partial charge is 0.497 e. The minimum Gasteiger partial charge on any atom is -0.497 e. The van der Waals surface area contributed by atoms with Gasteiger partial charge in [-0.3, -0.25) is 0 Å². The van der Waals surface area contributed by atoms with Gasteiger partial charge in [0.25, 0.3) is 0 Å². The molecule has 0 saturated carbocycles. The summed E-state index contributed by atoms with van der Waals surface area (Å²) in [4.78, 5) is 4.48. The Kier molecular flexibility index (Phi) is 4.61. The van der Waals surface area contributed by atoms with E-state index in [0.29, 0.717) is 29.8 Å². The van der Waals surface area contributed by atoms with E-state index in [0.717, 1.165) is 16.6 Å². The van der Waals surface area contributed by atoms with Crippen LogP contribution in [0.2, 0.25) is 0 Å². The molecule has 0 aliphatic rings. The van der Waals surface area contributed by atoms with Crippen LogP contribution < -0.4 is 14.8 Å². The van der Waals surface area contributed by atoms with Crippen molar-refractivity contribution in [1.29, 1.82) is 0 Å². The molecule has 0 bridgehead atoms. The highest BCUT2D eigenvalue weighted by atomic mass is 16.5. The summed E-state index contributed by atoms with van der Waals surface area (Å²) in [7, 11) is 3.21. The van der Waals surface area contributed by atoms with E-state index in [9.17, 15) is 0 Å². The van der Waals surface area contributed by atoms with Gasteiger partial charge >= 0.3 is 0 Å². The topological polar surface area (TPSA) is 69.4 Å². The Morgan fingerprint density at radius 2 is 1.81 bits per heavy atom. The quantitative estimate of drug-likeness (QED) is 0.544. The van der Waals surface area contributed by atoms with Gasteiger partial charge in [-0.2, -0.15) is 4.98 Å². The third-order valence-corrected chi connectivity index (χ3v) is 4.34. The SMILES string of the molecule is COc1ccc(-c2noc(CNc3cccc4ccccc34)n2)c(OC)c1. The molecule has 0 amide bonds. The van der Waals surface area contributed by atoms with Crippen LogP contribution in [0.1, 0.15) is 5.89 Å². The van der Waals surface area contributed by atoms with Crippen LogP contribution in [-0.4, -0.2) is 24.4 Å². The van der Waals surface area contributed by atoms with Gasteiger partial charge in [0.2, 0.25) is 11.7 Å². The molecule has 136 valence electrons. The van der Waals surface area contributed by atoms with Gasteiger partial charge in [0.1, 0.15) is 11.5 Å². The standard InChI is InChI=1S/C21H19N3O3/c1-25-15-10-11-17(19(12-15)26-2)21-23-20(27-24-21)13-22-18-9-5-7-14-6-3-4-8-16(14)18/h3-12,22H,13H2,1-2H3. The Hall–Kier alpha value is -3.54. The van der Waals surface area contributed by atoms with Gasteiger partial charge in [0.05, 0.1) is 26.3 Å². The van der Waals surface area contributed by atoms with Crippen LogP contribution in [0.3, 0.4) is 0 Å². The lowest BCUT2D eigenvalue weighted by molar-refractivity contribution is 0.382. The highest BCUT2D eigenvalue weighted by molar-refractivity contribution is 5.93. The lowest BCUT2D eigenvalue weighted by Gasteiger charge is -2.08. The molecule has 4 rings (SSSR count). The zero-order chi connectivity index (χ0) is 18.6. The molecule has 0 atom stereocenters. The number of fused-ring (bicyclic) bond motifs is 1. The molecule has 3 aromatic carbocycles. The first-order valence-electron chi connectivity index (χ1n) is 8.55. The number of nitrogens with one attached hydrogen (secondary N) is 1. The van der Waals surface area contributed by atoms with Gasteiger partial charge < -0.3 is 19.3 Å². The first-order valence-corrected chi connectivity index (χ1v) is 8.55. The summed E-state index contributed by atoms with van der Waals surface area (Å²) in [5, 5.41) is 9.77. The van der Waals surface area contributed by atoms with Crippen molar-refractivity contribution in [3.05, 3.63) is 66.6 Å². The van der Waals surface area contributed by atoms with Crippen molar-refractivity contribution in [2.24, 2.45) is 0 Å². The van der Waals surface area contributed by atoms with Crippen molar-refractivity contribution in [2.75, 3.05) is 19.5 Å². The van der Waals surface area contributed by atoms with Crippen LogP contribution in [0.25, 0.3) is 22.2 Å². The van der Waals surface area contributed by atoms with E-state index >= 15 is 0 Å². The van der Waals surface area contributed by atoms with E-state index < -0.39 is 0 Å². The Morgan fingerprint density at radius 1 is 0.963 bits per heavy atom. The molecule has 6 nitrogen and oxygen atoms in total. The third-order valence-electron chi connectivity index (χ3n) is 4.34. The van der Waals surface area contributed by atoms with Crippen LogP contribution in [0.4, 0.5) is 5.69 Å². The van der Waals surface area contributed by atoms with Crippen molar-refractivity contribution >= 4 is 16.5 Å². The zero-order valence-corrected chi connectivity index (χ0v) is 15.1. The average Bonchev–Trinajstić information content (AvgIpc) is 3.20. The second kappa shape index (κ2) is 7.37. The van der Waals surface area contributed by atoms with Crippen LogP contribution >= 0.6 is 0 Å². The summed E-state index contributed by atoms with van der Waals surface area (Å²) >= 11 is 0. The molecule has 0 fully saturated rings. The lowest BCUT2D eigenvalue weighted by Crippen LogP contribution is -2.00. The Balaban J connectivity index is 1.55. The van der Waals surface area contributed by atoms with Crippen molar-refractivity contribution in [1.82, 2.24) is 10.1 Å². The summed E-state index contributed by atoms with van der Waals surface area (Å²) in [5.41, 5.74) is 1.77. The van der Waals surface area contributed by atoms with Crippen LogP contribution in [0.15, 0.2) is 65.2 Å². The first-order chi connectivity index (χ1) is 13.3. The monoisotopic (exact) mass is 361 g/mol. The maximum absolute atomic E-state index is 5.41. The Labute approximate surface area is 156 Å². The van der Waals surface area contributed by atoms with E-state index in [-0.39, 0.29) is 0 Å². The Morgan fingerprint density at radius 3 is 2.67 bits per heavy atom. The first kappa shape index (κ1) is 16.9. The second-order valence-electron chi connectivity index (χ2n) is 5.96. The van der Waals surface area contributed by atoms with Crippen molar-refractivity contribution in [3.8, 4) is 22.9 Å². The molecule has 0 aliphatic heterocycles. The minimum absolute atomic E-state index is 0.430. The molecular weight excluding hydrogens is 342 g/mol. The van der Waals surface area contributed by atoms with Gasteiger partial charge in [-0.05, 0) is 23.6 Å². The van der Waals surface area contributed by atoms with Crippen molar-refractivity contribution in [2.45, 2.75) is 6.54 Å². The van der Waals surface area contributed by atoms with Gasteiger partial charge in [0.15, 0.2) is 0 Å². The summed E-state index contributed by atoms with van der Waals surface area (Å²) in [6.45, 7) is 0.430. The number of nitrogens with zero attached hydrogens (tertiary/aromatic N) is 2. The lowest BCUT2D eigenvalue weighted by atomic mass is 10.1.